The molecule has 0 bridgehead atoms. The van der Waals surface area contributed by atoms with Crippen LogP contribution >= 0.6 is 0 Å². The van der Waals surface area contributed by atoms with Gasteiger partial charge in [0.2, 0.25) is 0 Å². The van der Waals surface area contributed by atoms with Gasteiger partial charge in [0.25, 0.3) is 0 Å². The van der Waals surface area contributed by atoms with Gasteiger partial charge < -0.3 is 33.2 Å². The van der Waals surface area contributed by atoms with Crippen molar-refractivity contribution in [3.05, 3.63) is 11.9 Å². The molecular weight excluding hydrogens is 400 g/mol. The van der Waals surface area contributed by atoms with Crippen LogP contribution < -0.4 is 5.32 Å². The van der Waals surface area contributed by atoms with Crippen LogP contribution in [0.15, 0.2) is 6.20 Å². The van der Waals surface area contributed by atoms with E-state index in [1.54, 1.807) is 32.2 Å². The Morgan fingerprint density at radius 1 is 1.10 bits per heavy atom. The molecule has 0 aliphatic carbocycles. The summed E-state index contributed by atoms with van der Waals surface area (Å²) < 4.78 is 28.8. The van der Waals surface area contributed by atoms with E-state index in [-0.39, 0.29) is 6.42 Å². The van der Waals surface area contributed by atoms with Gasteiger partial charge in [-0.3, -0.25) is 4.79 Å². The second-order valence-electron chi connectivity index (χ2n) is 6.24. The predicted molar refractivity (Wildman–Crippen MR) is 107 cm³/mol. The van der Waals surface area contributed by atoms with Crippen LogP contribution in [-0.2, 0) is 40.5 Å². The standard InChI is InChI=1S/C17H34N4O7Si/c1-24-29(25-2,26-3)14-4-7-18-8-10-27-12-13-28-11-9-21-15-16(19-20-21)5-6-17(22)23/h15,18H,4-14H2,1-3H3,(H,22,23). The smallest absolute Gasteiger partial charge is 0.481 e. The third kappa shape index (κ3) is 11.4. The van der Waals surface area contributed by atoms with Crippen LogP contribution in [0, 0.1) is 0 Å². The van der Waals surface area contributed by atoms with Crippen molar-refractivity contribution in [3.63, 3.8) is 0 Å². The van der Waals surface area contributed by atoms with Gasteiger partial charge in [0.15, 0.2) is 0 Å². The van der Waals surface area contributed by atoms with Gasteiger partial charge >= 0.3 is 14.8 Å². The van der Waals surface area contributed by atoms with Gasteiger partial charge in [-0.25, -0.2) is 4.68 Å². The van der Waals surface area contributed by atoms with Crippen LogP contribution in [0.1, 0.15) is 18.5 Å². The number of hydrogen-bond acceptors (Lipinski definition) is 9. The Labute approximate surface area is 173 Å². The quantitative estimate of drug-likeness (QED) is 0.230. The largest absolute Gasteiger partial charge is 0.500 e. The van der Waals surface area contributed by atoms with Gasteiger partial charge in [0, 0.05) is 46.5 Å². The minimum Gasteiger partial charge on any atom is -0.481 e. The lowest BCUT2D eigenvalue weighted by molar-refractivity contribution is -0.136. The maximum Gasteiger partial charge on any atom is 0.500 e. The van der Waals surface area contributed by atoms with Crippen molar-refractivity contribution in [3.8, 4) is 0 Å². The van der Waals surface area contributed by atoms with Gasteiger partial charge in [0.1, 0.15) is 0 Å². The summed E-state index contributed by atoms with van der Waals surface area (Å²) in [6.45, 7) is 4.31. The van der Waals surface area contributed by atoms with Gasteiger partial charge in [-0.1, -0.05) is 5.21 Å². The van der Waals surface area contributed by atoms with Crippen molar-refractivity contribution < 1.29 is 32.7 Å². The van der Waals surface area contributed by atoms with Crippen molar-refractivity contribution in [2.45, 2.75) is 31.9 Å². The van der Waals surface area contributed by atoms with E-state index in [9.17, 15) is 4.79 Å². The van der Waals surface area contributed by atoms with E-state index in [1.165, 1.54) is 0 Å². The van der Waals surface area contributed by atoms with Gasteiger partial charge in [-0.15, -0.1) is 5.10 Å². The highest BCUT2D eigenvalue weighted by Crippen LogP contribution is 2.14. The van der Waals surface area contributed by atoms with Gasteiger partial charge in [0.05, 0.1) is 45.1 Å². The number of nitrogens with zero attached hydrogens (tertiary/aromatic N) is 3. The fourth-order valence-corrected chi connectivity index (χ4v) is 4.26. The van der Waals surface area contributed by atoms with E-state index in [4.69, 9.17) is 27.9 Å². The van der Waals surface area contributed by atoms with Crippen LogP contribution in [0.4, 0.5) is 0 Å². The molecule has 11 nitrogen and oxygen atoms in total. The Kier molecular flexibility index (Phi) is 13.6. The zero-order valence-corrected chi connectivity index (χ0v) is 18.6. The maximum atomic E-state index is 10.5. The minimum atomic E-state index is -2.47. The van der Waals surface area contributed by atoms with Crippen molar-refractivity contribution in [2.24, 2.45) is 0 Å². The van der Waals surface area contributed by atoms with Crippen molar-refractivity contribution in [2.75, 3.05) is 60.8 Å². The Morgan fingerprint density at radius 3 is 2.45 bits per heavy atom. The molecule has 0 fully saturated rings. The summed E-state index contributed by atoms with van der Waals surface area (Å²) in [5.41, 5.74) is 0.669. The van der Waals surface area contributed by atoms with E-state index in [1.807, 2.05) is 0 Å². The number of carboxylic acid groups (broad SMARTS) is 1. The van der Waals surface area contributed by atoms with Crippen molar-refractivity contribution in [1.82, 2.24) is 20.3 Å². The molecule has 29 heavy (non-hydrogen) atoms. The molecule has 0 amide bonds. The fourth-order valence-electron chi connectivity index (χ4n) is 2.53. The summed E-state index contributed by atoms with van der Waals surface area (Å²) in [6.07, 6.45) is 3.08. The molecule has 1 aromatic rings. The van der Waals surface area contributed by atoms with Crippen LogP contribution in [0.2, 0.25) is 6.04 Å². The molecule has 0 aliphatic heterocycles. The molecule has 0 saturated heterocycles. The summed E-state index contributed by atoms with van der Waals surface area (Å²) in [6, 6.07) is 0.769. The molecule has 0 aromatic carbocycles. The monoisotopic (exact) mass is 434 g/mol. The Balaban J connectivity index is 1.92. The number of rotatable bonds is 19. The summed E-state index contributed by atoms with van der Waals surface area (Å²) in [5.74, 6) is -0.843. The number of aryl methyl sites for hydroxylation is 1. The maximum absolute atomic E-state index is 10.5. The highest BCUT2D eigenvalue weighted by molar-refractivity contribution is 6.60. The first-order valence-corrected chi connectivity index (χ1v) is 11.6. The lowest BCUT2D eigenvalue weighted by atomic mass is 10.2. The minimum absolute atomic E-state index is 0.0529. The fraction of sp³-hybridized carbons (Fsp3) is 0.824. The van der Waals surface area contributed by atoms with E-state index >= 15 is 0 Å². The van der Waals surface area contributed by atoms with Crippen molar-refractivity contribution >= 4 is 14.8 Å². The molecule has 12 heteroatoms. The second-order valence-corrected chi connectivity index (χ2v) is 9.33. The number of ether oxygens (including phenoxy) is 2. The molecule has 1 rings (SSSR count). The summed E-state index contributed by atoms with van der Waals surface area (Å²) >= 11 is 0. The predicted octanol–water partition coefficient (Wildman–Crippen LogP) is 0.186. The first kappa shape index (κ1) is 25.6. The Morgan fingerprint density at radius 2 is 1.79 bits per heavy atom. The first-order valence-electron chi connectivity index (χ1n) is 9.67. The highest BCUT2D eigenvalue weighted by Gasteiger charge is 2.36. The molecule has 0 radical (unpaired) electrons. The van der Waals surface area contributed by atoms with E-state index in [0.717, 1.165) is 25.6 Å². The number of hydrogen-bond donors (Lipinski definition) is 2. The van der Waals surface area contributed by atoms with Gasteiger partial charge in [-0.2, -0.15) is 0 Å². The number of aromatic nitrogens is 3. The third-order valence-electron chi connectivity index (χ3n) is 4.21. The molecule has 0 unspecified atom stereocenters. The SMILES string of the molecule is CO[Si](CCCNCCOCCOCCn1cc(CCC(=O)O)nn1)(OC)OC. The molecule has 1 heterocycles. The van der Waals surface area contributed by atoms with Crippen molar-refractivity contribution in [1.29, 1.82) is 0 Å². The number of nitrogens with one attached hydrogen (secondary N) is 1. The summed E-state index contributed by atoms with van der Waals surface area (Å²) in [5, 5.41) is 19.8. The second kappa shape index (κ2) is 15.4. The normalized spacial score (nSPS) is 11.8. The summed E-state index contributed by atoms with van der Waals surface area (Å²) in [4.78, 5) is 10.5. The molecule has 1 aromatic heterocycles. The number of aliphatic carboxylic acids is 1. The van der Waals surface area contributed by atoms with E-state index < -0.39 is 14.8 Å². The molecule has 0 aliphatic rings. The molecule has 168 valence electrons. The van der Waals surface area contributed by atoms with Crippen LogP contribution in [-0.4, -0.2) is 95.7 Å². The zero-order valence-electron chi connectivity index (χ0n) is 17.6. The van der Waals surface area contributed by atoms with Gasteiger partial charge in [-0.05, 0) is 13.0 Å². The van der Waals surface area contributed by atoms with E-state index in [0.29, 0.717) is 45.1 Å². The highest BCUT2D eigenvalue weighted by atomic mass is 28.4. The number of carbonyl (C=O) groups is 1. The lowest BCUT2D eigenvalue weighted by Crippen LogP contribution is -2.43. The number of carboxylic acids is 1. The topological polar surface area (TPSA) is 126 Å². The average Bonchev–Trinajstić information content (AvgIpc) is 3.18. The molecule has 2 N–H and O–H groups in total. The molecule has 0 atom stereocenters. The van der Waals surface area contributed by atoms with Crippen LogP contribution in [0.25, 0.3) is 0 Å². The molecule has 0 spiro atoms. The average molecular weight is 435 g/mol. The first-order chi connectivity index (χ1) is 14.0. The summed E-state index contributed by atoms with van der Waals surface area (Å²) in [7, 11) is 2.39. The molecular formula is C17H34N4O7Si. The Bertz CT molecular complexity index is 549. The van der Waals surface area contributed by atoms with Crippen LogP contribution in [0.3, 0.4) is 0 Å². The van der Waals surface area contributed by atoms with E-state index in [2.05, 4.69) is 15.6 Å². The third-order valence-corrected chi connectivity index (χ3v) is 7.04. The zero-order chi connectivity index (χ0) is 21.4. The molecule has 0 saturated carbocycles. The van der Waals surface area contributed by atoms with Crippen LogP contribution in [0.5, 0.6) is 0 Å². The lowest BCUT2D eigenvalue weighted by Gasteiger charge is -2.24. The Hall–Kier alpha value is -1.41.